The van der Waals surface area contributed by atoms with Crippen LogP contribution in [0, 0.1) is 17.4 Å². The van der Waals surface area contributed by atoms with E-state index in [1.165, 1.54) is 11.8 Å². The molecule has 1 N–H and O–H groups in total. The Kier molecular flexibility index (Phi) is 6.09. The molecule has 0 fully saturated rings. The van der Waals surface area contributed by atoms with E-state index in [0.29, 0.717) is 17.7 Å². The maximum absolute atomic E-state index is 8.60. The van der Waals surface area contributed by atoms with Gasteiger partial charge in [-0.15, -0.1) is 0 Å². The second kappa shape index (κ2) is 7.62. The molecule has 1 aromatic rings. The third-order valence-electron chi connectivity index (χ3n) is 2.02. The zero-order valence-electron chi connectivity index (χ0n) is 10.8. The molecule has 0 aliphatic rings. The maximum atomic E-state index is 8.60. The summed E-state index contributed by atoms with van der Waals surface area (Å²) in [7, 11) is 0. The number of para-hydroxylation sites is 2. The SMILES string of the molecule is CSC(=Nc1ccccc1OCC(C)C)NC#N. The molecule has 4 nitrogen and oxygen atoms in total. The summed E-state index contributed by atoms with van der Waals surface area (Å²) in [6, 6.07) is 7.55. The fourth-order valence-corrected chi connectivity index (χ4v) is 1.55. The Balaban J connectivity index is 2.91. The van der Waals surface area contributed by atoms with E-state index < -0.39 is 0 Å². The molecule has 0 aromatic heterocycles. The summed E-state index contributed by atoms with van der Waals surface area (Å²) in [5.41, 5.74) is 0.727. The standard InChI is InChI=1S/C13H17N3OS/c1-10(2)8-17-12-7-5-4-6-11(12)16-13(18-3)15-9-14/h4-7,10H,8H2,1-3H3,(H,15,16). The summed E-state index contributed by atoms with van der Waals surface area (Å²) in [5, 5.41) is 11.7. The van der Waals surface area contributed by atoms with Crippen LogP contribution in [0.3, 0.4) is 0 Å². The fourth-order valence-electron chi connectivity index (χ4n) is 1.21. The number of aliphatic imine (C=N–C) groups is 1. The molecule has 0 aliphatic carbocycles. The molecule has 18 heavy (non-hydrogen) atoms. The van der Waals surface area contributed by atoms with Crippen LogP contribution < -0.4 is 10.1 Å². The first kappa shape index (κ1) is 14.4. The van der Waals surface area contributed by atoms with Crippen LogP contribution in [0.4, 0.5) is 5.69 Å². The Hall–Kier alpha value is -1.67. The Labute approximate surface area is 112 Å². The van der Waals surface area contributed by atoms with Gasteiger partial charge in [-0.3, -0.25) is 5.32 Å². The summed E-state index contributed by atoms with van der Waals surface area (Å²) >= 11 is 1.38. The van der Waals surface area contributed by atoms with Gasteiger partial charge in [-0.25, -0.2) is 4.99 Å². The molecular weight excluding hydrogens is 246 g/mol. The minimum Gasteiger partial charge on any atom is -0.491 e. The summed E-state index contributed by atoms with van der Waals surface area (Å²) in [5.74, 6) is 1.19. The molecule has 5 heteroatoms. The number of benzene rings is 1. The average Bonchev–Trinajstić information content (AvgIpc) is 2.37. The highest BCUT2D eigenvalue weighted by Crippen LogP contribution is 2.28. The summed E-state index contributed by atoms with van der Waals surface area (Å²) < 4.78 is 5.70. The highest BCUT2D eigenvalue weighted by atomic mass is 32.2. The van der Waals surface area contributed by atoms with E-state index in [9.17, 15) is 0 Å². The monoisotopic (exact) mass is 263 g/mol. The van der Waals surface area contributed by atoms with Gasteiger partial charge >= 0.3 is 0 Å². The van der Waals surface area contributed by atoms with E-state index in [0.717, 1.165) is 11.4 Å². The van der Waals surface area contributed by atoms with Crippen molar-refractivity contribution < 1.29 is 4.74 Å². The Morgan fingerprint density at radius 1 is 1.50 bits per heavy atom. The number of thioether (sulfide) groups is 1. The van der Waals surface area contributed by atoms with Gasteiger partial charge in [0.2, 0.25) is 0 Å². The minimum absolute atomic E-state index is 0.458. The van der Waals surface area contributed by atoms with E-state index in [-0.39, 0.29) is 0 Å². The molecule has 0 unspecified atom stereocenters. The van der Waals surface area contributed by atoms with Gasteiger partial charge in [-0.2, -0.15) is 5.26 Å². The lowest BCUT2D eigenvalue weighted by Gasteiger charge is -2.11. The van der Waals surface area contributed by atoms with Crippen LogP contribution in [-0.2, 0) is 0 Å². The molecule has 0 heterocycles. The van der Waals surface area contributed by atoms with Crippen LogP contribution in [0.2, 0.25) is 0 Å². The number of hydrogen-bond acceptors (Lipinski definition) is 4. The van der Waals surface area contributed by atoms with Crippen molar-refractivity contribution >= 4 is 22.6 Å². The van der Waals surface area contributed by atoms with E-state index in [1.54, 1.807) is 0 Å². The maximum Gasteiger partial charge on any atom is 0.183 e. The number of hydrogen-bond donors (Lipinski definition) is 1. The van der Waals surface area contributed by atoms with Gasteiger partial charge in [0, 0.05) is 0 Å². The van der Waals surface area contributed by atoms with Crippen molar-refractivity contribution in [3.63, 3.8) is 0 Å². The largest absolute Gasteiger partial charge is 0.491 e. The normalized spacial score (nSPS) is 11.2. The van der Waals surface area contributed by atoms with E-state index >= 15 is 0 Å². The van der Waals surface area contributed by atoms with Gasteiger partial charge in [-0.05, 0) is 24.3 Å². The van der Waals surface area contributed by atoms with Crippen molar-refractivity contribution in [1.29, 1.82) is 5.26 Å². The molecule has 0 radical (unpaired) electrons. The van der Waals surface area contributed by atoms with Crippen molar-refractivity contribution in [2.75, 3.05) is 12.9 Å². The average molecular weight is 263 g/mol. The number of rotatable bonds is 4. The van der Waals surface area contributed by atoms with Crippen LogP contribution in [0.1, 0.15) is 13.8 Å². The van der Waals surface area contributed by atoms with Crippen molar-refractivity contribution in [1.82, 2.24) is 5.32 Å². The number of nitrogens with zero attached hydrogens (tertiary/aromatic N) is 2. The van der Waals surface area contributed by atoms with Crippen molar-refractivity contribution in [3.05, 3.63) is 24.3 Å². The molecule has 96 valence electrons. The molecule has 1 aromatic carbocycles. The van der Waals surface area contributed by atoms with Gasteiger partial charge in [0.25, 0.3) is 0 Å². The van der Waals surface area contributed by atoms with E-state index in [1.807, 2.05) is 36.7 Å². The van der Waals surface area contributed by atoms with Crippen LogP contribution in [0.25, 0.3) is 0 Å². The van der Waals surface area contributed by atoms with Gasteiger partial charge in [-0.1, -0.05) is 37.7 Å². The van der Waals surface area contributed by atoms with E-state index in [2.05, 4.69) is 24.2 Å². The van der Waals surface area contributed by atoms with Gasteiger partial charge < -0.3 is 4.74 Å². The predicted octanol–water partition coefficient (Wildman–Crippen LogP) is 3.14. The number of amidine groups is 1. The van der Waals surface area contributed by atoms with Gasteiger partial charge in [0.1, 0.15) is 11.4 Å². The third-order valence-corrected chi connectivity index (χ3v) is 2.60. The Morgan fingerprint density at radius 3 is 2.83 bits per heavy atom. The second-order valence-corrected chi connectivity index (χ2v) is 4.83. The predicted molar refractivity (Wildman–Crippen MR) is 76.1 cm³/mol. The van der Waals surface area contributed by atoms with Crippen molar-refractivity contribution in [2.24, 2.45) is 10.9 Å². The third kappa shape index (κ3) is 4.68. The summed E-state index contributed by atoms with van der Waals surface area (Å²) in [6.07, 6.45) is 3.73. The highest BCUT2D eigenvalue weighted by Gasteiger charge is 2.04. The number of ether oxygens (including phenoxy) is 1. The lowest BCUT2D eigenvalue weighted by atomic mass is 10.2. The molecule has 0 spiro atoms. The lowest BCUT2D eigenvalue weighted by molar-refractivity contribution is 0.272. The van der Waals surface area contributed by atoms with Crippen molar-refractivity contribution in [3.8, 4) is 11.9 Å². The highest BCUT2D eigenvalue weighted by molar-refractivity contribution is 8.13. The quantitative estimate of drug-likeness (QED) is 0.392. The number of nitriles is 1. The topological polar surface area (TPSA) is 57.4 Å². The molecule has 0 aliphatic heterocycles. The number of nitrogens with one attached hydrogen (secondary N) is 1. The molecule has 1 rings (SSSR count). The first-order valence-corrected chi connectivity index (χ1v) is 6.89. The lowest BCUT2D eigenvalue weighted by Crippen LogP contribution is -2.12. The van der Waals surface area contributed by atoms with Crippen molar-refractivity contribution in [2.45, 2.75) is 13.8 Å². The molecule has 0 atom stereocenters. The van der Waals surface area contributed by atoms with Gasteiger partial charge in [0.15, 0.2) is 11.4 Å². The first-order valence-electron chi connectivity index (χ1n) is 5.67. The zero-order valence-corrected chi connectivity index (χ0v) is 11.6. The summed E-state index contributed by atoms with van der Waals surface area (Å²) in [6.45, 7) is 4.83. The molecule has 0 amide bonds. The Bertz CT molecular complexity index is 452. The van der Waals surface area contributed by atoms with Crippen LogP contribution in [0.5, 0.6) is 5.75 Å². The smallest absolute Gasteiger partial charge is 0.183 e. The van der Waals surface area contributed by atoms with Crippen LogP contribution in [0.15, 0.2) is 29.3 Å². The summed E-state index contributed by atoms with van der Waals surface area (Å²) in [4.78, 5) is 4.37. The molecule has 0 bridgehead atoms. The van der Waals surface area contributed by atoms with Gasteiger partial charge in [0.05, 0.1) is 6.61 Å². The van der Waals surface area contributed by atoms with Crippen LogP contribution in [-0.4, -0.2) is 18.0 Å². The molecular formula is C13H17N3OS. The zero-order chi connectivity index (χ0) is 13.4. The Morgan fingerprint density at radius 2 is 2.22 bits per heavy atom. The minimum atomic E-state index is 0.458. The second-order valence-electron chi connectivity index (χ2n) is 4.03. The molecule has 0 saturated heterocycles. The molecule has 0 saturated carbocycles. The van der Waals surface area contributed by atoms with E-state index in [4.69, 9.17) is 10.00 Å². The van der Waals surface area contributed by atoms with Crippen LogP contribution >= 0.6 is 11.8 Å². The fraction of sp³-hybridized carbons (Fsp3) is 0.385. The first-order chi connectivity index (χ1) is 8.67.